The average molecular weight is 437 g/mol. The van der Waals surface area contributed by atoms with E-state index in [9.17, 15) is 0 Å². The number of hydrogen-bond donors (Lipinski definition) is 2. The fourth-order valence-corrected chi connectivity index (χ4v) is 0. The van der Waals surface area contributed by atoms with Crippen LogP contribution in [0.15, 0.2) is 0 Å². The van der Waals surface area contributed by atoms with Crippen molar-refractivity contribution < 1.29 is 4.88 Å². The fraction of sp³-hybridized carbons (Fsp3) is 0. The van der Waals surface area contributed by atoms with E-state index in [-0.39, 0.29) is 0 Å². The molecular weight excluding hydrogens is 433 g/mol. The third-order valence-corrected chi connectivity index (χ3v) is 0. The average Bonchev–Trinajstić information content (AvgIpc) is 0.503. The number of halogens is 6. The molecule has 0 amide bonds. The zero-order valence-corrected chi connectivity index (χ0v) is 10.7. The van der Waals surface area contributed by atoms with Gasteiger partial charge in [-0.15, -0.1) is 0 Å². The minimum atomic E-state index is -7.42. The SMILES string of the molecule is [NH2][Ir]([NH2])([Cl])([Cl])([Cl])([Cl])([Cl])[Cl]. The molecule has 0 aromatic rings. The molecule has 0 aliphatic rings. The number of rotatable bonds is 0. The van der Waals surface area contributed by atoms with Gasteiger partial charge < -0.3 is 0 Å². The molecule has 65 valence electrons. The predicted molar refractivity (Wildman–Crippen MR) is 43.5 cm³/mol. The van der Waals surface area contributed by atoms with Crippen LogP contribution in [-0.4, -0.2) is 0 Å². The first-order valence-electron chi connectivity index (χ1n) is 1.14. The van der Waals surface area contributed by atoms with Gasteiger partial charge in [-0.1, -0.05) is 0 Å². The second-order valence-electron chi connectivity index (χ2n) is 1.70. The fourth-order valence-electron chi connectivity index (χ4n) is 0. The second kappa shape index (κ2) is 0.973. The molecule has 0 bridgehead atoms. The van der Waals surface area contributed by atoms with Crippen LogP contribution in [0.2, 0.25) is 0 Å². The molecule has 0 rings (SSSR count). The van der Waals surface area contributed by atoms with Gasteiger partial charge in [0.1, 0.15) is 0 Å². The Bertz CT molecular complexity index is 146. The van der Waals surface area contributed by atoms with Gasteiger partial charge in [-0.3, -0.25) is 0 Å². The van der Waals surface area contributed by atoms with E-state index in [1.165, 1.54) is 0 Å². The third-order valence-electron chi connectivity index (χ3n) is 0. The van der Waals surface area contributed by atoms with Crippen molar-refractivity contribution >= 4 is 57.5 Å². The monoisotopic (exact) mass is 435 g/mol. The normalized spacial score (nSPS) is 31.1. The summed E-state index contributed by atoms with van der Waals surface area (Å²) >= 11 is 0. The maximum atomic E-state index is 5.10. The zero-order chi connectivity index (χ0) is 8.35. The van der Waals surface area contributed by atoms with Crippen LogP contribution in [-0.2, 0) is 4.88 Å². The summed E-state index contributed by atoms with van der Waals surface area (Å²) in [5.41, 5.74) is 0. The summed E-state index contributed by atoms with van der Waals surface area (Å²) in [6.45, 7) is 0. The molecule has 4 N–H and O–H groups in total. The van der Waals surface area contributed by atoms with E-state index in [1.54, 1.807) is 0 Å². The van der Waals surface area contributed by atoms with E-state index in [1.807, 2.05) is 0 Å². The van der Waals surface area contributed by atoms with E-state index in [0.717, 1.165) is 0 Å². The summed E-state index contributed by atoms with van der Waals surface area (Å²) in [5, 5.41) is 0. The summed E-state index contributed by atoms with van der Waals surface area (Å²) in [4.78, 5) is -7.42. The summed E-state index contributed by atoms with van der Waals surface area (Å²) in [6, 6.07) is 0. The van der Waals surface area contributed by atoms with Gasteiger partial charge in [-0.05, 0) is 0 Å². The van der Waals surface area contributed by atoms with Crippen LogP contribution < -0.4 is 8.81 Å². The summed E-state index contributed by atoms with van der Waals surface area (Å²) < 4.78 is 9.73. The first kappa shape index (κ1) is 11.3. The predicted octanol–water partition coefficient (Wildman–Crippen LogP) is 2.95. The van der Waals surface area contributed by atoms with Gasteiger partial charge in [0.15, 0.2) is 0 Å². The van der Waals surface area contributed by atoms with Crippen LogP contribution in [0.3, 0.4) is 0 Å². The van der Waals surface area contributed by atoms with Crippen LogP contribution >= 0.6 is 57.5 Å². The summed E-state index contributed by atoms with van der Waals surface area (Å²) in [6.07, 6.45) is 0. The van der Waals surface area contributed by atoms with Crippen molar-refractivity contribution in [2.75, 3.05) is 0 Å². The molecule has 0 aliphatic carbocycles. The Hall–Kier alpha value is 2.31. The summed E-state index contributed by atoms with van der Waals surface area (Å²) in [5.74, 6) is 0. The molecule has 0 spiro atoms. The van der Waals surface area contributed by atoms with Gasteiger partial charge in [0.25, 0.3) is 0 Å². The zero-order valence-electron chi connectivity index (χ0n) is 3.76. The van der Waals surface area contributed by atoms with Crippen molar-refractivity contribution in [1.29, 1.82) is 0 Å². The van der Waals surface area contributed by atoms with E-state index in [0.29, 0.717) is 0 Å². The molecule has 0 radical (unpaired) electrons. The van der Waals surface area contributed by atoms with Crippen molar-refractivity contribution in [2.45, 2.75) is 0 Å². The Labute approximate surface area is 70.4 Å². The Kier molecular flexibility index (Phi) is 1.22. The molecule has 9 heavy (non-hydrogen) atoms. The maximum absolute atomic E-state index is 7.42. The van der Waals surface area contributed by atoms with Gasteiger partial charge >= 0.3 is 71.2 Å². The Morgan fingerprint density at radius 1 is 0.667 bits per heavy atom. The first-order valence-corrected chi connectivity index (χ1v) is 21.7. The van der Waals surface area contributed by atoms with E-state index < -0.39 is 4.88 Å². The molecule has 0 heterocycles. The Morgan fingerprint density at radius 3 is 0.667 bits per heavy atom. The van der Waals surface area contributed by atoms with Gasteiger partial charge in [0, 0.05) is 0 Å². The minimum absolute atomic E-state index is 4.86. The van der Waals surface area contributed by atoms with Crippen molar-refractivity contribution in [2.24, 2.45) is 8.81 Å². The quantitative estimate of drug-likeness (QED) is 0.613. The molecule has 0 saturated heterocycles. The standard InChI is InChI=1S/6ClH.Ir.2H2N/h6*1H;;2*1H2/q;;;;;;+8;2*-1/p-6. The van der Waals surface area contributed by atoms with Crippen LogP contribution in [0.25, 0.3) is 0 Å². The van der Waals surface area contributed by atoms with E-state index >= 15 is 0 Å². The van der Waals surface area contributed by atoms with Crippen LogP contribution in [0, 0.1) is 0 Å². The topological polar surface area (TPSA) is 52.0 Å². The molecule has 0 atom stereocenters. The van der Waals surface area contributed by atoms with Gasteiger partial charge in [0.05, 0.1) is 0 Å². The second-order valence-corrected chi connectivity index (χ2v) is 75.0. The van der Waals surface area contributed by atoms with Gasteiger partial charge in [-0.2, -0.15) is 0 Å². The number of nitrogens with two attached hydrogens (primary N) is 2. The molecule has 0 fully saturated rings. The number of hydrogen-bond acceptors (Lipinski definition) is 2. The van der Waals surface area contributed by atoms with Crippen molar-refractivity contribution in [1.82, 2.24) is 0 Å². The van der Waals surface area contributed by atoms with Crippen LogP contribution in [0.4, 0.5) is 0 Å². The molecule has 0 unspecified atom stereocenters. The molecule has 0 aromatic carbocycles. The molecule has 0 aromatic heterocycles. The molecule has 0 aliphatic heterocycles. The molecular formula is H4Cl6IrN2. The van der Waals surface area contributed by atoms with Crippen molar-refractivity contribution in [3.8, 4) is 0 Å². The Balaban J connectivity index is 5.84. The van der Waals surface area contributed by atoms with Gasteiger partial charge in [-0.25, -0.2) is 0 Å². The van der Waals surface area contributed by atoms with Crippen molar-refractivity contribution in [3.63, 3.8) is 0 Å². The van der Waals surface area contributed by atoms with Crippen LogP contribution in [0.1, 0.15) is 0 Å². The molecule has 0 saturated carbocycles. The van der Waals surface area contributed by atoms with E-state index in [4.69, 9.17) is 66.3 Å². The Morgan fingerprint density at radius 2 is 0.667 bits per heavy atom. The van der Waals surface area contributed by atoms with E-state index in [2.05, 4.69) is 0 Å². The van der Waals surface area contributed by atoms with Gasteiger partial charge in [0.2, 0.25) is 0 Å². The first-order chi connectivity index (χ1) is 2.83. The molecule has 2 nitrogen and oxygen atoms in total. The van der Waals surface area contributed by atoms with Crippen molar-refractivity contribution in [3.05, 3.63) is 0 Å². The third kappa shape index (κ3) is 133. The molecule has 9 heteroatoms. The van der Waals surface area contributed by atoms with Crippen LogP contribution in [0.5, 0.6) is 0 Å². The summed E-state index contributed by atoms with van der Waals surface area (Å²) in [7, 11) is 30.6.